The molecule has 0 fully saturated rings. The van der Waals surface area contributed by atoms with E-state index in [-0.39, 0.29) is 6.03 Å². The lowest BCUT2D eigenvalue weighted by atomic mass is 10.2. The molecule has 100 valence electrons. The first kappa shape index (κ1) is 14.4. The number of carbonyl (C=O) groups excluding carboxylic acids is 1. The van der Waals surface area contributed by atoms with E-state index in [4.69, 9.17) is 4.74 Å². The van der Waals surface area contributed by atoms with Gasteiger partial charge in [0.15, 0.2) is 0 Å². The molecule has 1 rings (SSSR count). The van der Waals surface area contributed by atoms with E-state index in [2.05, 4.69) is 12.2 Å². The minimum Gasteiger partial charge on any atom is -0.497 e. The molecule has 0 spiro atoms. The van der Waals surface area contributed by atoms with Crippen molar-refractivity contribution in [1.82, 2.24) is 10.2 Å². The van der Waals surface area contributed by atoms with E-state index in [0.717, 1.165) is 30.7 Å². The average molecular weight is 250 g/mol. The number of hydrogen-bond donors (Lipinski definition) is 1. The summed E-state index contributed by atoms with van der Waals surface area (Å²) < 4.78 is 5.08. The topological polar surface area (TPSA) is 41.6 Å². The van der Waals surface area contributed by atoms with Crippen molar-refractivity contribution in [1.29, 1.82) is 0 Å². The molecule has 1 N–H and O–H groups in total. The van der Waals surface area contributed by atoms with Crippen LogP contribution in [0, 0.1) is 0 Å². The van der Waals surface area contributed by atoms with Crippen LogP contribution in [0.5, 0.6) is 5.75 Å². The van der Waals surface area contributed by atoms with E-state index >= 15 is 0 Å². The molecule has 4 nitrogen and oxygen atoms in total. The van der Waals surface area contributed by atoms with Crippen molar-refractivity contribution in [3.63, 3.8) is 0 Å². The minimum atomic E-state index is -0.0285. The maximum Gasteiger partial charge on any atom is 0.317 e. The molecule has 0 atom stereocenters. The van der Waals surface area contributed by atoms with Crippen molar-refractivity contribution in [2.45, 2.75) is 26.3 Å². The highest BCUT2D eigenvalue weighted by atomic mass is 16.5. The summed E-state index contributed by atoms with van der Waals surface area (Å²) in [6.07, 6.45) is 2.13. The molecular weight excluding hydrogens is 228 g/mol. The number of methoxy groups -OCH3 is 1. The molecule has 0 aliphatic heterocycles. The van der Waals surface area contributed by atoms with Gasteiger partial charge >= 0.3 is 6.03 Å². The lowest BCUT2D eigenvalue weighted by Gasteiger charge is -2.17. The second-order valence-electron chi connectivity index (χ2n) is 4.28. The molecule has 2 amide bonds. The maximum atomic E-state index is 11.7. The van der Waals surface area contributed by atoms with Gasteiger partial charge in [-0.2, -0.15) is 0 Å². The van der Waals surface area contributed by atoms with Crippen LogP contribution < -0.4 is 10.1 Å². The second kappa shape index (κ2) is 7.58. The largest absolute Gasteiger partial charge is 0.497 e. The SMILES string of the molecule is CCCCN(C)C(=O)NCc1ccc(OC)cc1. The molecule has 0 aliphatic carbocycles. The van der Waals surface area contributed by atoms with Gasteiger partial charge in [0.25, 0.3) is 0 Å². The number of urea groups is 1. The third-order valence-corrected chi connectivity index (χ3v) is 2.80. The number of nitrogens with one attached hydrogen (secondary N) is 1. The molecule has 0 aliphatic rings. The third-order valence-electron chi connectivity index (χ3n) is 2.80. The van der Waals surface area contributed by atoms with Gasteiger partial charge in [-0.3, -0.25) is 0 Å². The monoisotopic (exact) mass is 250 g/mol. The second-order valence-corrected chi connectivity index (χ2v) is 4.28. The Morgan fingerprint density at radius 3 is 2.56 bits per heavy atom. The van der Waals surface area contributed by atoms with Crippen molar-refractivity contribution < 1.29 is 9.53 Å². The molecule has 0 saturated carbocycles. The van der Waals surface area contributed by atoms with Crippen molar-refractivity contribution in [3.8, 4) is 5.75 Å². The van der Waals surface area contributed by atoms with Gasteiger partial charge in [0.1, 0.15) is 5.75 Å². The Morgan fingerprint density at radius 1 is 1.33 bits per heavy atom. The fourth-order valence-corrected chi connectivity index (χ4v) is 1.55. The normalized spacial score (nSPS) is 9.94. The minimum absolute atomic E-state index is 0.0285. The van der Waals surface area contributed by atoms with Gasteiger partial charge in [-0.15, -0.1) is 0 Å². The quantitative estimate of drug-likeness (QED) is 0.843. The van der Waals surface area contributed by atoms with E-state index in [1.165, 1.54) is 0 Å². The number of carbonyl (C=O) groups is 1. The van der Waals surface area contributed by atoms with Gasteiger partial charge in [-0.05, 0) is 24.1 Å². The maximum absolute atomic E-state index is 11.7. The van der Waals surface area contributed by atoms with E-state index in [9.17, 15) is 4.79 Å². The molecule has 0 radical (unpaired) electrons. The van der Waals surface area contributed by atoms with Crippen LogP contribution in [0.25, 0.3) is 0 Å². The summed E-state index contributed by atoms with van der Waals surface area (Å²) in [6.45, 7) is 3.45. The van der Waals surface area contributed by atoms with Crippen LogP contribution >= 0.6 is 0 Å². The van der Waals surface area contributed by atoms with E-state index < -0.39 is 0 Å². The van der Waals surface area contributed by atoms with Crippen molar-refractivity contribution in [3.05, 3.63) is 29.8 Å². The lowest BCUT2D eigenvalue weighted by molar-refractivity contribution is 0.207. The first-order valence-corrected chi connectivity index (χ1v) is 6.29. The van der Waals surface area contributed by atoms with Crippen LogP contribution in [0.15, 0.2) is 24.3 Å². The molecule has 1 aromatic rings. The number of hydrogen-bond acceptors (Lipinski definition) is 2. The molecule has 0 aromatic heterocycles. The van der Waals surface area contributed by atoms with Crippen molar-refractivity contribution >= 4 is 6.03 Å². The Kier molecular flexibility index (Phi) is 6.05. The summed E-state index contributed by atoms with van der Waals surface area (Å²) in [5, 5.41) is 2.89. The zero-order chi connectivity index (χ0) is 13.4. The van der Waals surface area contributed by atoms with Gasteiger partial charge in [-0.25, -0.2) is 4.79 Å². The predicted molar refractivity (Wildman–Crippen MR) is 72.8 cm³/mol. The summed E-state index contributed by atoms with van der Waals surface area (Å²) in [5.74, 6) is 0.824. The van der Waals surface area contributed by atoms with Crippen LogP contribution in [0.1, 0.15) is 25.3 Å². The zero-order valence-electron chi connectivity index (χ0n) is 11.4. The van der Waals surface area contributed by atoms with Gasteiger partial charge in [-0.1, -0.05) is 25.5 Å². The number of amides is 2. The summed E-state index contributed by atoms with van der Waals surface area (Å²) in [4.78, 5) is 13.5. The molecule has 0 heterocycles. The number of rotatable bonds is 6. The number of nitrogens with zero attached hydrogens (tertiary/aromatic N) is 1. The first-order chi connectivity index (χ1) is 8.67. The van der Waals surface area contributed by atoms with Gasteiger partial charge in [0.2, 0.25) is 0 Å². The predicted octanol–water partition coefficient (Wildman–Crippen LogP) is 2.64. The third kappa shape index (κ3) is 4.65. The fraction of sp³-hybridized carbons (Fsp3) is 0.500. The highest BCUT2D eigenvalue weighted by Gasteiger charge is 2.06. The highest BCUT2D eigenvalue weighted by molar-refractivity contribution is 5.73. The Bertz CT molecular complexity index is 363. The van der Waals surface area contributed by atoms with Crippen LogP contribution in [0.3, 0.4) is 0 Å². The zero-order valence-corrected chi connectivity index (χ0v) is 11.4. The summed E-state index contributed by atoms with van der Waals surface area (Å²) >= 11 is 0. The van der Waals surface area contributed by atoms with E-state index in [1.54, 1.807) is 12.0 Å². The van der Waals surface area contributed by atoms with Gasteiger partial charge in [0, 0.05) is 20.1 Å². The Balaban J connectivity index is 2.37. The van der Waals surface area contributed by atoms with Crippen LogP contribution in [0.2, 0.25) is 0 Å². The van der Waals surface area contributed by atoms with Crippen molar-refractivity contribution in [2.75, 3.05) is 20.7 Å². The summed E-state index contributed by atoms with van der Waals surface area (Å²) in [5.41, 5.74) is 1.06. The number of unbranched alkanes of at least 4 members (excludes halogenated alkanes) is 1. The molecule has 4 heteroatoms. The van der Waals surface area contributed by atoms with E-state index in [0.29, 0.717) is 6.54 Å². The fourth-order valence-electron chi connectivity index (χ4n) is 1.55. The van der Waals surface area contributed by atoms with Crippen LogP contribution in [-0.4, -0.2) is 31.6 Å². The molecule has 0 saturated heterocycles. The highest BCUT2D eigenvalue weighted by Crippen LogP contribution is 2.10. The molecule has 0 bridgehead atoms. The Labute approximate surface area is 109 Å². The van der Waals surface area contributed by atoms with Gasteiger partial charge < -0.3 is 15.0 Å². The average Bonchev–Trinajstić information content (AvgIpc) is 2.42. The standard InChI is InChI=1S/C14H22N2O2/c1-4-5-10-16(2)14(17)15-11-12-6-8-13(18-3)9-7-12/h6-9H,4-5,10-11H2,1-3H3,(H,15,17). The molecular formula is C14H22N2O2. The van der Waals surface area contributed by atoms with Crippen molar-refractivity contribution in [2.24, 2.45) is 0 Å². The molecule has 18 heavy (non-hydrogen) atoms. The first-order valence-electron chi connectivity index (χ1n) is 6.29. The molecule has 1 aromatic carbocycles. The lowest BCUT2D eigenvalue weighted by Crippen LogP contribution is -2.37. The molecule has 0 unspecified atom stereocenters. The summed E-state index contributed by atoms with van der Waals surface area (Å²) in [7, 11) is 3.46. The van der Waals surface area contributed by atoms with Crippen LogP contribution in [-0.2, 0) is 6.54 Å². The smallest absolute Gasteiger partial charge is 0.317 e. The number of ether oxygens (including phenoxy) is 1. The Morgan fingerprint density at radius 2 is 2.00 bits per heavy atom. The van der Waals surface area contributed by atoms with E-state index in [1.807, 2.05) is 31.3 Å². The van der Waals surface area contributed by atoms with Gasteiger partial charge in [0.05, 0.1) is 7.11 Å². The summed E-state index contributed by atoms with van der Waals surface area (Å²) in [6, 6.07) is 7.65. The Hall–Kier alpha value is -1.71. The number of benzene rings is 1. The van der Waals surface area contributed by atoms with Crippen LogP contribution in [0.4, 0.5) is 4.79 Å².